The minimum absolute atomic E-state index is 0.151. The highest BCUT2D eigenvalue weighted by Crippen LogP contribution is 2.37. The van der Waals surface area contributed by atoms with E-state index in [0.29, 0.717) is 24.5 Å². The fourth-order valence-corrected chi connectivity index (χ4v) is 5.77. The molecule has 0 saturated carbocycles. The van der Waals surface area contributed by atoms with E-state index in [1.54, 1.807) is 4.40 Å². The number of benzene rings is 3. The van der Waals surface area contributed by atoms with E-state index in [1.807, 2.05) is 65.2 Å². The number of halogens is 4. The molecule has 5 aromatic rings. The summed E-state index contributed by atoms with van der Waals surface area (Å²) in [6.45, 7) is 7.78. The summed E-state index contributed by atoms with van der Waals surface area (Å²) < 4.78 is 47.8. The second-order valence-electron chi connectivity index (χ2n) is 10.2. The van der Waals surface area contributed by atoms with Crippen molar-refractivity contribution in [2.45, 2.75) is 52.3 Å². The zero-order valence-electron chi connectivity index (χ0n) is 22.3. The first kappa shape index (κ1) is 27.5. The van der Waals surface area contributed by atoms with E-state index in [4.69, 9.17) is 0 Å². The van der Waals surface area contributed by atoms with E-state index in [9.17, 15) is 13.2 Å². The molecule has 2 aromatic heterocycles. The van der Waals surface area contributed by atoms with Crippen LogP contribution in [0.2, 0.25) is 0 Å². The van der Waals surface area contributed by atoms with E-state index >= 15 is 0 Å². The van der Waals surface area contributed by atoms with Crippen LogP contribution in [0.25, 0.3) is 22.5 Å². The third-order valence-corrected chi connectivity index (χ3v) is 7.77. The van der Waals surface area contributed by atoms with E-state index in [-0.39, 0.29) is 18.0 Å². The van der Waals surface area contributed by atoms with Crippen LogP contribution >= 0.6 is 15.9 Å². The summed E-state index contributed by atoms with van der Waals surface area (Å²) in [5, 5.41) is 0. The van der Waals surface area contributed by atoms with Crippen LogP contribution in [0.15, 0.2) is 77.3 Å². The molecule has 4 nitrogen and oxygen atoms in total. The molecule has 0 aliphatic rings. The number of fused-ring (bicyclic) bond motifs is 3. The standard InChI is InChI=1S/C31H32BrF3N4/c1-4-17-37(18-16-22-10-6-5-7-11-22)20-28-29(31(33,34)35)36-30-38(26-12-8-9-13-27(26)39(28)30)25-15-14-23(21(2)3)19-24(25)32/h5-15,19,21H,4,16-18,20H2,1-3H3. The SMILES string of the molecule is CCCN(CCc1ccccc1)Cc1c(C(F)(F)F)nc2n(-c3ccc(C(C)C)cc3Br)c3ccccc3n12. The van der Waals surface area contributed by atoms with Crippen LogP contribution in [0.5, 0.6) is 0 Å². The number of aromatic nitrogens is 3. The largest absolute Gasteiger partial charge is 0.435 e. The molecule has 3 aromatic carbocycles. The predicted octanol–water partition coefficient (Wildman–Crippen LogP) is 8.64. The van der Waals surface area contributed by atoms with Crippen molar-refractivity contribution in [2.75, 3.05) is 13.1 Å². The van der Waals surface area contributed by atoms with Gasteiger partial charge in [-0.25, -0.2) is 4.98 Å². The first-order chi connectivity index (χ1) is 18.7. The molecule has 0 aliphatic heterocycles. The minimum Gasteiger partial charge on any atom is -0.297 e. The second-order valence-corrected chi connectivity index (χ2v) is 11.1. The molecule has 0 saturated heterocycles. The van der Waals surface area contributed by atoms with Crippen molar-refractivity contribution in [2.24, 2.45) is 0 Å². The fourth-order valence-electron chi connectivity index (χ4n) is 5.20. The van der Waals surface area contributed by atoms with Crippen LogP contribution < -0.4 is 0 Å². The lowest BCUT2D eigenvalue weighted by atomic mass is 10.0. The summed E-state index contributed by atoms with van der Waals surface area (Å²) in [6.07, 6.45) is -2.97. The van der Waals surface area contributed by atoms with Crippen LogP contribution in [0.1, 0.15) is 55.6 Å². The van der Waals surface area contributed by atoms with E-state index < -0.39 is 11.9 Å². The summed E-state index contributed by atoms with van der Waals surface area (Å²) >= 11 is 3.69. The van der Waals surface area contributed by atoms with Gasteiger partial charge in [0.15, 0.2) is 5.69 Å². The first-order valence-electron chi connectivity index (χ1n) is 13.3. The molecule has 2 heterocycles. The van der Waals surface area contributed by atoms with E-state index in [1.165, 1.54) is 5.56 Å². The summed E-state index contributed by atoms with van der Waals surface area (Å²) in [5.41, 5.74) is 3.91. The Morgan fingerprint density at radius 2 is 1.62 bits per heavy atom. The topological polar surface area (TPSA) is 25.5 Å². The summed E-state index contributed by atoms with van der Waals surface area (Å²) in [7, 11) is 0. The van der Waals surface area contributed by atoms with Crippen LogP contribution in [-0.2, 0) is 19.1 Å². The van der Waals surface area contributed by atoms with Gasteiger partial charge in [0, 0.05) is 17.6 Å². The highest BCUT2D eigenvalue weighted by atomic mass is 79.9. The lowest BCUT2D eigenvalue weighted by Crippen LogP contribution is -2.28. The Morgan fingerprint density at radius 3 is 2.26 bits per heavy atom. The van der Waals surface area contributed by atoms with Crippen LogP contribution in [0.4, 0.5) is 13.2 Å². The zero-order chi connectivity index (χ0) is 27.7. The van der Waals surface area contributed by atoms with Crippen molar-refractivity contribution in [3.05, 3.63) is 99.8 Å². The van der Waals surface area contributed by atoms with Crippen LogP contribution in [0.3, 0.4) is 0 Å². The first-order valence-corrected chi connectivity index (χ1v) is 14.1. The summed E-state index contributed by atoms with van der Waals surface area (Å²) in [4.78, 5) is 6.38. The van der Waals surface area contributed by atoms with Crippen molar-refractivity contribution >= 4 is 32.7 Å². The Labute approximate surface area is 235 Å². The number of hydrogen-bond acceptors (Lipinski definition) is 2. The van der Waals surface area contributed by atoms with Gasteiger partial charge in [-0.1, -0.05) is 69.3 Å². The molecular weight excluding hydrogens is 565 g/mol. The molecule has 5 rings (SSSR count). The Kier molecular flexibility index (Phi) is 7.87. The highest BCUT2D eigenvalue weighted by molar-refractivity contribution is 9.10. The smallest absolute Gasteiger partial charge is 0.297 e. The van der Waals surface area contributed by atoms with Crippen molar-refractivity contribution in [1.82, 2.24) is 18.9 Å². The highest BCUT2D eigenvalue weighted by Gasteiger charge is 2.39. The molecule has 0 unspecified atom stereocenters. The minimum atomic E-state index is -4.58. The lowest BCUT2D eigenvalue weighted by molar-refractivity contribution is -0.141. The third kappa shape index (κ3) is 5.50. The summed E-state index contributed by atoms with van der Waals surface area (Å²) in [5.74, 6) is 0.586. The predicted molar refractivity (Wildman–Crippen MR) is 155 cm³/mol. The van der Waals surface area contributed by atoms with Gasteiger partial charge in [0.1, 0.15) is 0 Å². The zero-order valence-corrected chi connectivity index (χ0v) is 23.9. The van der Waals surface area contributed by atoms with Gasteiger partial charge in [-0.3, -0.25) is 13.9 Å². The molecule has 0 bridgehead atoms. The van der Waals surface area contributed by atoms with Crippen molar-refractivity contribution in [3.8, 4) is 5.69 Å². The van der Waals surface area contributed by atoms with Gasteiger partial charge >= 0.3 is 6.18 Å². The van der Waals surface area contributed by atoms with Gasteiger partial charge in [0.25, 0.3) is 0 Å². The average Bonchev–Trinajstić information content (AvgIpc) is 3.43. The molecule has 0 amide bonds. The molecule has 0 atom stereocenters. The number of alkyl halides is 3. The molecule has 8 heteroatoms. The number of para-hydroxylation sites is 2. The van der Waals surface area contributed by atoms with Crippen LogP contribution in [-0.4, -0.2) is 31.9 Å². The molecule has 0 N–H and O–H groups in total. The van der Waals surface area contributed by atoms with Crippen molar-refractivity contribution < 1.29 is 13.2 Å². The van der Waals surface area contributed by atoms with Crippen LogP contribution in [0, 0.1) is 0 Å². The van der Waals surface area contributed by atoms with Crippen molar-refractivity contribution in [3.63, 3.8) is 0 Å². The number of imidazole rings is 2. The van der Waals surface area contributed by atoms with E-state index in [0.717, 1.165) is 34.1 Å². The fraction of sp³-hybridized carbons (Fsp3) is 0.323. The Balaban J connectivity index is 1.67. The number of rotatable bonds is 9. The van der Waals surface area contributed by atoms with E-state index in [2.05, 4.69) is 58.7 Å². The number of nitrogens with zero attached hydrogens (tertiary/aromatic N) is 4. The molecule has 204 valence electrons. The molecule has 0 spiro atoms. The lowest BCUT2D eigenvalue weighted by Gasteiger charge is -2.22. The Bertz CT molecular complexity index is 1580. The van der Waals surface area contributed by atoms with Gasteiger partial charge < -0.3 is 0 Å². The van der Waals surface area contributed by atoms with Gasteiger partial charge in [-0.2, -0.15) is 13.2 Å². The summed E-state index contributed by atoms with van der Waals surface area (Å²) in [6, 6.07) is 23.6. The molecule has 0 radical (unpaired) electrons. The molecule has 0 aliphatic carbocycles. The maximum Gasteiger partial charge on any atom is 0.435 e. The molecular formula is C31H32BrF3N4. The monoisotopic (exact) mass is 596 g/mol. The maximum atomic E-state index is 14.5. The van der Waals surface area contributed by atoms with Crippen molar-refractivity contribution in [1.29, 1.82) is 0 Å². The average molecular weight is 598 g/mol. The number of hydrogen-bond donors (Lipinski definition) is 0. The third-order valence-electron chi connectivity index (χ3n) is 7.14. The van der Waals surface area contributed by atoms with Gasteiger partial charge in [-0.05, 0) is 76.6 Å². The Morgan fingerprint density at radius 1 is 0.923 bits per heavy atom. The Hall–Kier alpha value is -3.10. The van der Waals surface area contributed by atoms with Gasteiger partial charge in [0.05, 0.1) is 22.4 Å². The maximum absolute atomic E-state index is 14.5. The normalized spacial score (nSPS) is 12.4. The molecule has 0 fully saturated rings. The second kappa shape index (κ2) is 11.2. The van der Waals surface area contributed by atoms with Gasteiger partial charge in [-0.15, -0.1) is 0 Å². The van der Waals surface area contributed by atoms with Gasteiger partial charge in [0.2, 0.25) is 5.78 Å². The quantitative estimate of drug-likeness (QED) is 0.170. The molecule has 39 heavy (non-hydrogen) atoms.